The van der Waals surface area contributed by atoms with E-state index in [1.165, 1.54) is 0 Å². The van der Waals surface area contributed by atoms with E-state index in [9.17, 15) is 8.42 Å². The van der Waals surface area contributed by atoms with Crippen LogP contribution in [0.25, 0.3) is 0 Å². The molecule has 1 aliphatic rings. The van der Waals surface area contributed by atoms with Crippen molar-refractivity contribution in [1.29, 1.82) is 0 Å². The van der Waals surface area contributed by atoms with Crippen molar-refractivity contribution >= 4 is 10.0 Å². The first-order valence-corrected chi connectivity index (χ1v) is 8.19. The maximum Gasteiger partial charge on any atom is 0.243 e. The summed E-state index contributed by atoms with van der Waals surface area (Å²) in [5, 5.41) is 8.94. The second-order valence-electron chi connectivity index (χ2n) is 5.09. The van der Waals surface area contributed by atoms with Crippen molar-refractivity contribution in [3.05, 3.63) is 29.8 Å². The maximum atomic E-state index is 12.6. The number of aryl methyl sites for hydroxylation is 1. The predicted octanol–water partition coefficient (Wildman–Crippen LogP) is 1.92. The maximum absolute atomic E-state index is 12.6. The van der Waals surface area contributed by atoms with E-state index in [-0.39, 0.29) is 12.6 Å². The van der Waals surface area contributed by atoms with Crippen LogP contribution >= 0.6 is 0 Å². The fourth-order valence-electron chi connectivity index (χ4n) is 2.25. The van der Waals surface area contributed by atoms with Gasteiger partial charge in [0, 0.05) is 19.2 Å². The summed E-state index contributed by atoms with van der Waals surface area (Å²) in [5.74, 6) is 0. The molecule has 1 aliphatic carbocycles. The van der Waals surface area contributed by atoms with Gasteiger partial charge in [-0.15, -0.1) is 0 Å². The Kier molecular flexibility index (Phi) is 4.60. The lowest BCUT2D eigenvalue weighted by atomic mass is 9.93. The van der Waals surface area contributed by atoms with Crippen molar-refractivity contribution in [2.24, 2.45) is 0 Å². The zero-order chi connectivity index (χ0) is 13.9. The Balaban J connectivity index is 2.24. The first-order valence-electron chi connectivity index (χ1n) is 6.75. The number of benzene rings is 1. The van der Waals surface area contributed by atoms with Crippen LogP contribution in [0.2, 0.25) is 0 Å². The molecule has 0 spiro atoms. The van der Waals surface area contributed by atoms with Gasteiger partial charge in [-0.3, -0.25) is 0 Å². The summed E-state index contributed by atoms with van der Waals surface area (Å²) in [6.45, 7) is 2.36. The van der Waals surface area contributed by atoms with Crippen LogP contribution in [0.5, 0.6) is 0 Å². The zero-order valence-corrected chi connectivity index (χ0v) is 12.1. The van der Waals surface area contributed by atoms with Gasteiger partial charge in [0.15, 0.2) is 0 Å². The molecule has 1 saturated carbocycles. The molecule has 5 heteroatoms. The molecule has 0 amide bonds. The SMILES string of the molecule is Cc1ccc(S(=O)(=O)N(CCCO)C2CCC2)cc1. The van der Waals surface area contributed by atoms with Gasteiger partial charge in [-0.05, 0) is 38.3 Å². The second kappa shape index (κ2) is 6.03. The Morgan fingerprint density at radius 2 is 1.89 bits per heavy atom. The minimum Gasteiger partial charge on any atom is -0.396 e. The minimum absolute atomic E-state index is 0.0205. The van der Waals surface area contributed by atoms with E-state index in [4.69, 9.17) is 5.11 Å². The highest BCUT2D eigenvalue weighted by Gasteiger charge is 2.34. The van der Waals surface area contributed by atoms with Crippen LogP contribution in [0.4, 0.5) is 0 Å². The second-order valence-corrected chi connectivity index (χ2v) is 6.98. The molecule has 1 aromatic rings. The summed E-state index contributed by atoms with van der Waals surface area (Å²) in [5.41, 5.74) is 1.05. The Morgan fingerprint density at radius 3 is 2.37 bits per heavy atom. The third-order valence-corrected chi connectivity index (χ3v) is 5.61. The van der Waals surface area contributed by atoms with Gasteiger partial charge in [0.2, 0.25) is 10.0 Å². The molecule has 0 bridgehead atoms. The molecule has 0 aliphatic heterocycles. The average Bonchev–Trinajstić information content (AvgIpc) is 2.32. The van der Waals surface area contributed by atoms with E-state index in [0.29, 0.717) is 17.9 Å². The molecule has 2 rings (SSSR count). The molecule has 0 saturated heterocycles. The molecular formula is C14H21NO3S. The van der Waals surface area contributed by atoms with E-state index in [0.717, 1.165) is 24.8 Å². The van der Waals surface area contributed by atoms with Crippen LogP contribution < -0.4 is 0 Å². The number of sulfonamides is 1. The molecule has 4 nitrogen and oxygen atoms in total. The van der Waals surface area contributed by atoms with Crippen molar-refractivity contribution < 1.29 is 13.5 Å². The highest BCUT2D eigenvalue weighted by Crippen LogP contribution is 2.30. The normalized spacial score (nSPS) is 16.6. The van der Waals surface area contributed by atoms with E-state index in [1.54, 1.807) is 16.4 Å². The predicted molar refractivity (Wildman–Crippen MR) is 74.4 cm³/mol. The molecule has 0 aromatic heterocycles. The molecule has 106 valence electrons. The van der Waals surface area contributed by atoms with Crippen molar-refractivity contribution in [2.75, 3.05) is 13.2 Å². The van der Waals surface area contributed by atoms with E-state index in [1.807, 2.05) is 19.1 Å². The summed E-state index contributed by atoms with van der Waals surface area (Å²) in [4.78, 5) is 0.350. The van der Waals surface area contributed by atoms with Gasteiger partial charge in [-0.1, -0.05) is 24.1 Å². The number of nitrogens with zero attached hydrogens (tertiary/aromatic N) is 1. The van der Waals surface area contributed by atoms with Crippen molar-refractivity contribution in [3.63, 3.8) is 0 Å². The van der Waals surface area contributed by atoms with Crippen molar-refractivity contribution in [1.82, 2.24) is 4.31 Å². The molecule has 0 radical (unpaired) electrons. The van der Waals surface area contributed by atoms with E-state index >= 15 is 0 Å². The van der Waals surface area contributed by atoms with Gasteiger partial charge in [0.1, 0.15) is 0 Å². The molecule has 1 aromatic carbocycles. The summed E-state index contributed by atoms with van der Waals surface area (Å²) in [6, 6.07) is 7.07. The number of aliphatic hydroxyl groups is 1. The van der Waals surface area contributed by atoms with E-state index in [2.05, 4.69) is 0 Å². The topological polar surface area (TPSA) is 57.6 Å². The van der Waals surface area contributed by atoms with Crippen LogP contribution in [-0.2, 0) is 10.0 Å². The molecular weight excluding hydrogens is 262 g/mol. The summed E-state index contributed by atoms with van der Waals surface area (Å²) < 4.78 is 26.8. The number of hydrogen-bond donors (Lipinski definition) is 1. The van der Waals surface area contributed by atoms with Gasteiger partial charge < -0.3 is 5.11 Å². The van der Waals surface area contributed by atoms with Crippen LogP contribution in [-0.4, -0.2) is 37.0 Å². The van der Waals surface area contributed by atoms with Gasteiger partial charge in [0.25, 0.3) is 0 Å². The highest BCUT2D eigenvalue weighted by atomic mass is 32.2. The zero-order valence-electron chi connectivity index (χ0n) is 11.2. The first-order chi connectivity index (χ1) is 9.05. The van der Waals surface area contributed by atoms with Crippen LogP contribution in [0.1, 0.15) is 31.2 Å². The van der Waals surface area contributed by atoms with Crippen molar-refractivity contribution in [3.8, 4) is 0 Å². The molecule has 19 heavy (non-hydrogen) atoms. The largest absolute Gasteiger partial charge is 0.396 e. The first kappa shape index (κ1) is 14.5. The lowest BCUT2D eigenvalue weighted by Gasteiger charge is -2.36. The Labute approximate surface area is 115 Å². The monoisotopic (exact) mass is 283 g/mol. The smallest absolute Gasteiger partial charge is 0.243 e. The molecule has 0 atom stereocenters. The minimum atomic E-state index is -3.43. The molecule has 1 fully saturated rings. The quantitative estimate of drug-likeness (QED) is 0.867. The number of rotatable bonds is 6. The fourth-order valence-corrected chi connectivity index (χ4v) is 3.97. The Hall–Kier alpha value is -0.910. The van der Waals surface area contributed by atoms with Gasteiger partial charge >= 0.3 is 0 Å². The molecule has 1 N–H and O–H groups in total. The number of hydrogen-bond acceptors (Lipinski definition) is 3. The Bertz CT molecular complexity index is 506. The van der Waals surface area contributed by atoms with Crippen molar-refractivity contribution in [2.45, 2.75) is 43.5 Å². The summed E-state index contributed by atoms with van der Waals surface area (Å²) >= 11 is 0. The lowest BCUT2D eigenvalue weighted by molar-refractivity contribution is 0.198. The fraction of sp³-hybridized carbons (Fsp3) is 0.571. The molecule has 0 heterocycles. The third-order valence-electron chi connectivity index (χ3n) is 3.65. The van der Waals surface area contributed by atoms with Crippen LogP contribution in [0.15, 0.2) is 29.2 Å². The Morgan fingerprint density at radius 1 is 1.26 bits per heavy atom. The van der Waals surface area contributed by atoms with Crippen LogP contribution in [0.3, 0.4) is 0 Å². The lowest BCUT2D eigenvalue weighted by Crippen LogP contribution is -2.44. The standard InChI is InChI=1S/C14H21NO3S/c1-12-6-8-14(9-7-12)19(17,18)15(10-3-11-16)13-4-2-5-13/h6-9,13,16H,2-5,10-11H2,1H3. The third kappa shape index (κ3) is 3.16. The van der Waals surface area contributed by atoms with Gasteiger partial charge in [-0.25, -0.2) is 8.42 Å². The average molecular weight is 283 g/mol. The van der Waals surface area contributed by atoms with Crippen LogP contribution in [0, 0.1) is 6.92 Å². The highest BCUT2D eigenvalue weighted by molar-refractivity contribution is 7.89. The summed E-state index contributed by atoms with van der Waals surface area (Å²) in [6.07, 6.45) is 3.43. The van der Waals surface area contributed by atoms with E-state index < -0.39 is 10.0 Å². The number of aliphatic hydroxyl groups excluding tert-OH is 1. The molecule has 0 unspecified atom stereocenters. The van der Waals surface area contributed by atoms with Gasteiger partial charge in [-0.2, -0.15) is 4.31 Å². The van der Waals surface area contributed by atoms with Gasteiger partial charge in [0.05, 0.1) is 4.90 Å². The summed E-state index contributed by atoms with van der Waals surface area (Å²) in [7, 11) is -3.43.